The molecule has 0 aromatic heterocycles. The van der Waals surface area contributed by atoms with Gasteiger partial charge in [0.2, 0.25) is 5.91 Å². The predicted octanol–water partition coefficient (Wildman–Crippen LogP) is 0.758. The molecule has 6 heteroatoms. The van der Waals surface area contributed by atoms with Gasteiger partial charge in [0.05, 0.1) is 18.0 Å². The number of nitrogens with zero attached hydrogens (tertiary/aromatic N) is 1. The van der Waals surface area contributed by atoms with Crippen molar-refractivity contribution in [3.63, 3.8) is 0 Å². The smallest absolute Gasteiger partial charge is 0.241 e. The van der Waals surface area contributed by atoms with E-state index in [2.05, 4.69) is 5.32 Å². The average Bonchev–Trinajstić information content (AvgIpc) is 2.64. The summed E-state index contributed by atoms with van der Waals surface area (Å²) in [6.07, 6.45) is 2.55. The van der Waals surface area contributed by atoms with Crippen LogP contribution in [0.1, 0.15) is 40.0 Å². The lowest BCUT2D eigenvalue weighted by Gasteiger charge is -2.22. The maximum atomic E-state index is 12.1. The predicted molar refractivity (Wildman–Crippen MR) is 72.0 cm³/mol. The molecule has 0 saturated carbocycles. The van der Waals surface area contributed by atoms with E-state index in [-0.39, 0.29) is 29.6 Å². The van der Waals surface area contributed by atoms with Crippen molar-refractivity contribution in [1.82, 2.24) is 10.2 Å². The molecule has 1 saturated heterocycles. The first-order chi connectivity index (χ1) is 8.45. The van der Waals surface area contributed by atoms with Crippen molar-refractivity contribution in [3.05, 3.63) is 0 Å². The molecule has 0 radical (unpaired) electrons. The number of hydrogen-bond donors (Lipinski definition) is 1. The number of amides is 1. The van der Waals surface area contributed by atoms with E-state index in [1.165, 1.54) is 0 Å². The summed E-state index contributed by atoms with van der Waals surface area (Å²) in [5.74, 6) is 0.249. The normalized spacial score (nSPS) is 24.8. The van der Waals surface area contributed by atoms with Crippen LogP contribution in [0.3, 0.4) is 0 Å². The molecule has 1 amide bonds. The Bertz CT molecular complexity index is 381. The molecule has 1 N–H and O–H groups in total. The Morgan fingerprint density at radius 3 is 2.44 bits per heavy atom. The number of nitrogens with one attached hydrogen (secondary N) is 1. The number of sulfone groups is 1. The maximum Gasteiger partial charge on any atom is 0.241 e. The van der Waals surface area contributed by atoms with Crippen LogP contribution in [0, 0.1) is 0 Å². The van der Waals surface area contributed by atoms with E-state index >= 15 is 0 Å². The van der Waals surface area contributed by atoms with Crippen molar-refractivity contribution in [1.29, 1.82) is 0 Å². The van der Waals surface area contributed by atoms with Crippen LogP contribution in [0.5, 0.6) is 0 Å². The summed E-state index contributed by atoms with van der Waals surface area (Å²) < 4.78 is 23.0. The Balaban J connectivity index is 2.65. The molecule has 2 atom stereocenters. The van der Waals surface area contributed by atoms with E-state index in [0.717, 1.165) is 19.3 Å². The number of hydrogen-bond acceptors (Lipinski definition) is 4. The second-order valence-electron chi connectivity index (χ2n) is 4.70. The van der Waals surface area contributed by atoms with Gasteiger partial charge in [0.25, 0.3) is 0 Å². The molecule has 1 aliphatic rings. The second-order valence-corrected chi connectivity index (χ2v) is 7.17. The lowest BCUT2D eigenvalue weighted by atomic mass is 10.2. The SMILES string of the molecule is CCCC1NC(CC)N(CCS(=O)(=O)CC)C1=O. The largest absolute Gasteiger partial charge is 0.325 e. The van der Waals surface area contributed by atoms with Gasteiger partial charge in [0.1, 0.15) is 0 Å². The fourth-order valence-corrected chi connectivity index (χ4v) is 2.99. The van der Waals surface area contributed by atoms with Crippen LogP contribution in [0.25, 0.3) is 0 Å². The highest BCUT2D eigenvalue weighted by Gasteiger charge is 2.37. The summed E-state index contributed by atoms with van der Waals surface area (Å²) in [4.78, 5) is 13.8. The highest BCUT2D eigenvalue weighted by atomic mass is 32.2. The van der Waals surface area contributed by atoms with Gasteiger partial charge in [-0.05, 0) is 12.8 Å². The fourth-order valence-electron chi connectivity index (χ4n) is 2.23. The number of rotatable bonds is 7. The van der Waals surface area contributed by atoms with Crippen LogP contribution in [-0.2, 0) is 14.6 Å². The zero-order valence-electron chi connectivity index (χ0n) is 11.5. The molecule has 0 aliphatic carbocycles. The third-order valence-electron chi connectivity index (χ3n) is 3.40. The maximum absolute atomic E-state index is 12.1. The number of carbonyl (C=O) groups excluding carboxylic acids is 1. The molecule has 0 aromatic carbocycles. The first kappa shape index (κ1) is 15.4. The lowest BCUT2D eigenvalue weighted by Crippen LogP contribution is -2.39. The second kappa shape index (κ2) is 6.52. The van der Waals surface area contributed by atoms with E-state index in [0.29, 0.717) is 6.54 Å². The third-order valence-corrected chi connectivity index (χ3v) is 5.08. The molecule has 1 rings (SSSR count). The highest BCUT2D eigenvalue weighted by Crippen LogP contribution is 2.16. The molecule has 1 fully saturated rings. The topological polar surface area (TPSA) is 66.5 Å². The van der Waals surface area contributed by atoms with Crippen molar-refractivity contribution >= 4 is 15.7 Å². The molecule has 2 unspecified atom stereocenters. The minimum absolute atomic E-state index is 0.0129. The van der Waals surface area contributed by atoms with Crippen LogP contribution in [0.2, 0.25) is 0 Å². The minimum atomic E-state index is -3.01. The van der Waals surface area contributed by atoms with Crippen LogP contribution >= 0.6 is 0 Å². The fraction of sp³-hybridized carbons (Fsp3) is 0.917. The summed E-state index contributed by atoms with van der Waals surface area (Å²) in [5.41, 5.74) is 0. The zero-order valence-corrected chi connectivity index (χ0v) is 12.3. The minimum Gasteiger partial charge on any atom is -0.325 e. The Morgan fingerprint density at radius 2 is 1.94 bits per heavy atom. The van der Waals surface area contributed by atoms with Crippen LogP contribution in [0.4, 0.5) is 0 Å². The van der Waals surface area contributed by atoms with Crippen molar-refractivity contribution in [2.75, 3.05) is 18.1 Å². The van der Waals surface area contributed by atoms with Gasteiger partial charge in [-0.25, -0.2) is 8.42 Å². The van der Waals surface area contributed by atoms with E-state index in [1.807, 2.05) is 13.8 Å². The Labute approximate surface area is 110 Å². The first-order valence-electron chi connectivity index (χ1n) is 6.72. The number of carbonyl (C=O) groups is 1. The summed E-state index contributed by atoms with van der Waals surface area (Å²) >= 11 is 0. The van der Waals surface area contributed by atoms with Crippen molar-refractivity contribution in [2.24, 2.45) is 0 Å². The Hall–Kier alpha value is -0.620. The summed E-state index contributed by atoms with van der Waals surface area (Å²) in [6, 6.07) is -0.135. The van der Waals surface area contributed by atoms with Gasteiger partial charge < -0.3 is 4.90 Å². The molecule has 18 heavy (non-hydrogen) atoms. The lowest BCUT2D eigenvalue weighted by molar-refractivity contribution is -0.129. The Kier molecular flexibility index (Phi) is 5.59. The first-order valence-corrected chi connectivity index (χ1v) is 8.54. The van der Waals surface area contributed by atoms with E-state index in [1.54, 1.807) is 11.8 Å². The molecule has 106 valence electrons. The highest BCUT2D eigenvalue weighted by molar-refractivity contribution is 7.91. The van der Waals surface area contributed by atoms with Crippen molar-refractivity contribution in [3.8, 4) is 0 Å². The molecule has 0 aromatic rings. The molecular weight excluding hydrogens is 252 g/mol. The van der Waals surface area contributed by atoms with E-state index < -0.39 is 9.84 Å². The average molecular weight is 276 g/mol. The van der Waals surface area contributed by atoms with Crippen LogP contribution < -0.4 is 5.32 Å². The van der Waals surface area contributed by atoms with Gasteiger partial charge in [-0.3, -0.25) is 10.1 Å². The van der Waals surface area contributed by atoms with Crippen LogP contribution in [-0.4, -0.2) is 49.5 Å². The summed E-state index contributed by atoms with van der Waals surface area (Å²) in [6.45, 7) is 5.98. The molecule has 1 aliphatic heterocycles. The monoisotopic (exact) mass is 276 g/mol. The quantitative estimate of drug-likeness (QED) is 0.745. The van der Waals surface area contributed by atoms with Gasteiger partial charge in [0, 0.05) is 12.3 Å². The molecule has 0 spiro atoms. The van der Waals surface area contributed by atoms with Crippen molar-refractivity contribution in [2.45, 2.75) is 52.2 Å². The zero-order chi connectivity index (χ0) is 13.8. The van der Waals surface area contributed by atoms with Gasteiger partial charge in [-0.2, -0.15) is 0 Å². The molecule has 0 bridgehead atoms. The van der Waals surface area contributed by atoms with Gasteiger partial charge >= 0.3 is 0 Å². The van der Waals surface area contributed by atoms with Gasteiger partial charge in [-0.15, -0.1) is 0 Å². The summed E-state index contributed by atoms with van der Waals surface area (Å²) in [7, 11) is -3.01. The standard InChI is InChI=1S/C12H24N2O3S/c1-4-7-10-12(15)14(11(5-2)13-10)8-9-18(16,17)6-3/h10-11,13H,4-9H2,1-3H3. The van der Waals surface area contributed by atoms with Crippen LogP contribution in [0.15, 0.2) is 0 Å². The third kappa shape index (κ3) is 3.68. The molecule has 5 nitrogen and oxygen atoms in total. The summed E-state index contributed by atoms with van der Waals surface area (Å²) in [5, 5.41) is 3.28. The molecule has 1 heterocycles. The van der Waals surface area contributed by atoms with E-state index in [9.17, 15) is 13.2 Å². The molecular formula is C12H24N2O3S. The van der Waals surface area contributed by atoms with E-state index in [4.69, 9.17) is 0 Å². The van der Waals surface area contributed by atoms with Crippen molar-refractivity contribution < 1.29 is 13.2 Å². The Morgan fingerprint density at radius 1 is 1.28 bits per heavy atom. The van der Waals surface area contributed by atoms with Gasteiger partial charge in [0.15, 0.2) is 9.84 Å². The van der Waals surface area contributed by atoms with Gasteiger partial charge in [-0.1, -0.05) is 27.2 Å².